The number of benzene rings is 2. The molecule has 29 heavy (non-hydrogen) atoms. The Hall–Kier alpha value is -3.74. The molecule has 2 N–H and O–H groups in total. The first-order chi connectivity index (χ1) is 13.8. The van der Waals surface area contributed by atoms with E-state index in [1.54, 1.807) is 18.3 Å². The number of carbonyl (C=O) groups is 2. The van der Waals surface area contributed by atoms with Crippen LogP contribution in [0.1, 0.15) is 32.9 Å². The first kappa shape index (κ1) is 20.0. The van der Waals surface area contributed by atoms with Crippen molar-refractivity contribution in [3.05, 3.63) is 88.5 Å². The van der Waals surface area contributed by atoms with Crippen LogP contribution in [0.5, 0.6) is 0 Å². The van der Waals surface area contributed by atoms with Crippen LogP contribution in [0.4, 0.5) is 4.39 Å². The second-order valence-corrected chi connectivity index (χ2v) is 6.60. The number of hydrogen-bond donors (Lipinski definition) is 2. The Kier molecular flexibility index (Phi) is 5.87. The molecule has 0 atom stereocenters. The minimum atomic E-state index is -0.868. The lowest BCUT2D eigenvalue weighted by Crippen LogP contribution is -2.17. The van der Waals surface area contributed by atoms with E-state index in [-0.39, 0.29) is 6.42 Å². The van der Waals surface area contributed by atoms with Gasteiger partial charge in [-0.25, -0.2) is 9.82 Å². The van der Waals surface area contributed by atoms with Crippen LogP contribution in [-0.4, -0.2) is 27.8 Å². The van der Waals surface area contributed by atoms with Gasteiger partial charge >= 0.3 is 5.97 Å². The summed E-state index contributed by atoms with van der Waals surface area (Å²) >= 11 is 0. The Bertz CT molecular complexity index is 1070. The second-order valence-electron chi connectivity index (χ2n) is 6.60. The number of carboxylic acid groups (broad SMARTS) is 1. The van der Waals surface area contributed by atoms with Gasteiger partial charge in [0.05, 0.1) is 12.6 Å². The average molecular weight is 393 g/mol. The molecule has 2 aromatic carbocycles. The maximum Gasteiger partial charge on any atom is 0.307 e. The van der Waals surface area contributed by atoms with Crippen molar-refractivity contribution in [2.45, 2.75) is 20.3 Å². The van der Waals surface area contributed by atoms with E-state index in [0.717, 1.165) is 28.2 Å². The van der Waals surface area contributed by atoms with Gasteiger partial charge < -0.3 is 9.67 Å². The molecule has 0 aliphatic rings. The van der Waals surface area contributed by atoms with E-state index >= 15 is 0 Å². The zero-order chi connectivity index (χ0) is 21.0. The Morgan fingerprint density at radius 2 is 1.76 bits per heavy atom. The molecular weight excluding hydrogens is 373 g/mol. The van der Waals surface area contributed by atoms with Gasteiger partial charge in [-0.2, -0.15) is 5.10 Å². The fraction of sp³-hybridized carbons (Fsp3) is 0.136. The summed E-state index contributed by atoms with van der Waals surface area (Å²) in [5, 5.41) is 12.9. The van der Waals surface area contributed by atoms with E-state index in [9.17, 15) is 14.0 Å². The van der Waals surface area contributed by atoms with Crippen molar-refractivity contribution >= 4 is 18.1 Å². The molecule has 0 spiro atoms. The predicted octanol–water partition coefficient (Wildman–Crippen LogP) is 3.62. The molecule has 0 unspecified atom stereocenters. The molecule has 0 aliphatic carbocycles. The van der Waals surface area contributed by atoms with Gasteiger partial charge in [-0.1, -0.05) is 12.1 Å². The van der Waals surface area contributed by atoms with Crippen molar-refractivity contribution in [3.8, 4) is 5.69 Å². The summed E-state index contributed by atoms with van der Waals surface area (Å²) in [5.74, 6) is -1.70. The molecule has 7 heteroatoms. The number of nitrogens with zero attached hydrogens (tertiary/aromatic N) is 2. The molecule has 3 aromatic rings. The quantitative estimate of drug-likeness (QED) is 0.496. The van der Waals surface area contributed by atoms with Crippen molar-refractivity contribution in [3.63, 3.8) is 0 Å². The number of amides is 1. The number of aliphatic carboxylic acids is 1. The highest BCUT2D eigenvalue weighted by Crippen LogP contribution is 2.20. The lowest BCUT2D eigenvalue weighted by Gasteiger charge is -2.10. The minimum Gasteiger partial charge on any atom is -0.481 e. The third-order valence-corrected chi connectivity index (χ3v) is 4.50. The van der Waals surface area contributed by atoms with E-state index in [2.05, 4.69) is 10.5 Å². The topological polar surface area (TPSA) is 83.7 Å². The van der Waals surface area contributed by atoms with Crippen LogP contribution in [0.15, 0.2) is 59.7 Å². The summed E-state index contributed by atoms with van der Waals surface area (Å²) in [6.45, 7) is 3.88. The number of nitrogens with one attached hydrogen (secondary N) is 1. The van der Waals surface area contributed by atoms with Gasteiger partial charge in [0.15, 0.2) is 0 Å². The first-order valence-corrected chi connectivity index (χ1v) is 8.94. The fourth-order valence-corrected chi connectivity index (χ4v) is 3.08. The van der Waals surface area contributed by atoms with Gasteiger partial charge in [0.1, 0.15) is 5.82 Å². The van der Waals surface area contributed by atoms with Crippen molar-refractivity contribution in [1.82, 2.24) is 9.99 Å². The molecule has 0 radical (unpaired) electrons. The second kappa shape index (κ2) is 8.52. The molecule has 1 aromatic heterocycles. The van der Waals surface area contributed by atoms with Crippen molar-refractivity contribution < 1.29 is 19.1 Å². The summed E-state index contributed by atoms with van der Waals surface area (Å²) in [7, 11) is 0. The number of halogens is 1. The van der Waals surface area contributed by atoms with E-state index in [0.29, 0.717) is 5.56 Å². The molecule has 0 saturated heterocycles. The molecule has 1 heterocycles. The number of hydrazone groups is 1. The molecular formula is C22H20FN3O3. The SMILES string of the molecule is Cc1cc(/C=N\NC(=O)c2ccc(F)cc2)c(C)n1-c1ccc(CC(=O)O)cc1. The van der Waals surface area contributed by atoms with Gasteiger partial charge in [0.2, 0.25) is 0 Å². The zero-order valence-electron chi connectivity index (χ0n) is 16.0. The first-order valence-electron chi connectivity index (χ1n) is 8.94. The third kappa shape index (κ3) is 4.76. The number of rotatable bonds is 6. The number of aryl methyl sites for hydroxylation is 1. The maximum absolute atomic E-state index is 12.9. The summed E-state index contributed by atoms with van der Waals surface area (Å²) in [4.78, 5) is 22.9. The molecule has 0 fully saturated rings. The van der Waals surface area contributed by atoms with Gasteiger partial charge in [-0.3, -0.25) is 9.59 Å². The van der Waals surface area contributed by atoms with Gasteiger partial charge in [0, 0.05) is 28.2 Å². The van der Waals surface area contributed by atoms with Crippen LogP contribution in [0.3, 0.4) is 0 Å². The normalized spacial score (nSPS) is 11.0. The highest BCUT2D eigenvalue weighted by atomic mass is 19.1. The molecule has 1 amide bonds. The lowest BCUT2D eigenvalue weighted by molar-refractivity contribution is -0.136. The predicted molar refractivity (Wildman–Crippen MR) is 108 cm³/mol. The summed E-state index contributed by atoms with van der Waals surface area (Å²) < 4.78 is 15.0. The Labute approximate surface area is 167 Å². The van der Waals surface area contributed by atoms with Crippen LogP contribution in [0.25, 0.3) is 5.69 Å². The van der Waals surface area contributed by atoms with Crippen LogP contribution in [0.2, 0.25) is 0 Å². The summed E-state index contributed by atoms with van der Waals surface area (Å²) in [6, 6.07) is 14.5. The van der Waals surface area contributed by atoms with E-state index < -0.39 is 17.7 Å². The largest absolute Gasteiger partial charge is 0.481 e. The highest BCUT2D eigenvalue weighted by molar-refractivity contribution is 5.95. The van der Waals surface area contributed by atoms with Crippen LogP contribution < -0.4 is 5.43 Å². The van der Waals surface area contributed by atoms with Gasteiger partial charge in [0.25, 0.3) is 5.91 Å². The number of hydrogen-bond acceptors (Lipinski definition) is 3. The maximum atomic E-state index is 12.9. The monoisotopic (exact) mass is 393 g/mol. The molecule has 6 nitrogen and oxygen atoms in total. The Balaban J connectivity index is 1.75. The summed E-state index contributed by atoms with van der Waals surface area (Å²) in [5.41, 5.74) is 7.11. The van der Waals surface area contributed by atoms with E-state index in [1.807, 2.05) is 36.6 Å². The van der Waals surface area contributed by atoms with Crippen LogP contribution in [0, 0.1) is 19.7 Å². The number of carbonyl (C=O) groups excluding carboxylic acids is 1. The number of aromatic nitrogens is 1. The molecule has 0 saturated carbocycles. The van der Waals surface area contributed by atoms with E-state index in [1.165, 1.54) is 24.3 Å². The smallest absolute Gasteiger partial charge is 0.307 e. The van der Waals surface area contributed by atoms with Crippen molar-refractivity contribution in [1.29, 1.82) is 0 Å². The molecule has 3 rings (SSSR count). The van der Waals surface area contributed by atoms with Crippen LogP contribution in [-0.2, 0) is 11.2 Å². The average Bonchev–Trinajstić information content (AvgIpc) is 2.96. The van der Waals surface area contributed by atoms with Gasteiger partial charge in [-0.05, 0) is 61.9 Å². The fourth-order valence-electron chi connectivity index (χ4n) is 3.08. The lowest BCUT2D eigenvalue weighted by atomic mass is 10.1. The minimum absolute atomic E-state index is 0.0183. The van der Waals surface area contributed by atoms with Crippen molar-refractivity contribution in [2.24, 2.45) is 5.10 Å². The Morgan fingerprint density at radius 1 is 1.10 bits per heavy atom. The van der Waals surface area contributed by atoms with Crippen molar-refractivity contribution in [2.75, 3.05) is 0 Å². The van der Waals surface area contributed by atoms with Gasteiger partial charge in [-0.15, -0.1) is 0 Å². The molecule has 148 valence electrons. The third-order valence-electron chi connectivity index (χ3n) is 4.50. The number of carboxylic acids is 1. The molecule has 0 bridgehead atoms. The zero-order valence-corrected chi connectivity index (χ0v) is 16.0. The Morgan fingerprint density at radius 3 is 2.38 bits per heavy atom. The van der Waals surface area contributed by atoms with E-state index in [4.69, 9.17) is 5.11 Å². The highest BCUT2D eigenvalue weighted by Gasteiger charge is 2.10. The summed E-state index contributed by atoms with van der Waals surface area (Å²) in [6.07, 6.45) is 1.54. The molecule has 0 aliphatic heterocycles. The standard InChI is InChI=1S/C22H20FN3O3/c1-14-11-18(13-24-25-22(29)17-5-7-19(23)8-6-17)15(2)26(14)20-9-3-16(4-10-20)12-21(27)28/h3-11,13H,12H2,1-2H3,(H,25,29)(H,27,28)/b24-13-. The van der Waals surface area contributed by atoms with Crippen LogP contribution >= 0.6 is 0 Å².